The number of aromatic nitrogens is 2. The van der Waals surface area contributed by atoms with Gasteiger partial charge in [-0.25, -0.2) is 9.78 Å². The number of anilines is 1. The fourth-order valence-electron chi connectivity index (χ4n) is 2.85. The second kappa shape index (κ2) is 9.94. The first-order chi connectivity index (χ1) is 14.9. The number of nitrogens with zero attached hydrogens (tertiary/aromatic N) is 2. The molecule has 0 aliphatic rings. The molecule has 2 N–H and O–H groups in total. The first kappa shape index (κ1) is 22.1. The topological polar surface area (TPSA) is 110 Å². The van der Waals surface area contributed by atoms with Crippen LogP contribution in [0.15, 0.2) is 54.9 Å². The number of pyridine rings is 1. The normalized spacial score (nSPS) is 11.6. The second-order valence-corrected chi connectivity index (χ2v) is 7.96. The van der Waals surface area contributed by atoms with Crippen molar-refractivity contribution in [3.63, 3.8) is 0 Å². The van der Waals surface area contributed by atoms with E-state index in [1.807, 2.05) is 19.9 Å². The Hall–Kier alpha value is -3.59. The van der Waals surface area contributed by atoms with Gasteiger partial charge in [-0.2, -0.15) is 0 Å². The zero-order valence-electron chi connectivity index (χ0n) is 17.3. The summed E-state index contributed by atoms with van der Waals surface area (Å²) in [5, 5.41) is 5.72. The van der Waals surface area contributed by atoms with Crippen molar-refractivity contribution in [3.8, 4) is 0 Å². The zero-order valence-corrected chi connectivity index (χ0v) is 18.1. The molecule has 0 saturated carbocycles. The third-order valence-corrected chi connectivity index (χ3v) is 5.65. The highest BCUT2D eigenvalue weighted by Gasteiger charge is 2.26. The molecule has 0 saturated heterocycles. The predicted octanol–water partition coefficient (Wildman–Crippen LogP) is 3.56. The van der Waals surface area contributed by atoms with Gasteiger partial charge in [0, 0.05) is 17.3 Å². The Bertz CT molecular complexity index is 1070. The molecule has 3 aromatic rings. The summed E-state index contributed by atoms with van der Waals surface area (Å²) in [6.45, 7) is 3.85. The first-order valence-corrected chi connectivity index (χ1v) is 10.4. The lowest BCUT2D eigenvalue weighted by Crippen LogP contribution is -2.37. The highest BCUT2D eigenvalue weighted by atomic mass is 32.1. The van der Waals surface area contributed by atoms with Crippen LogP contribution in [0.1, 0.15) is 57.1 Å². The minimum absolute atomic E-state index is 0.0208. The van der Waals surface area contributed by atoms with Crippen molar-refractivity contribution in [2.75, 3.05) is 12.4 Å². The highest BCUT2D eigenvalue weighted by molar-refractivity contribution is 7.16. The maximum atomic E-state index is 13.1. The van der Waals surface area contributed by atoms with Crippen LogP contribution in [0, 0.1) is 0 Å². The van der Waals surface area contributed by atoms with Crippen LogP contribution < -0.4 is 10.6 Å². The third-order valence-electron chi connectivity index (χ3n) is 4.38. The molecule has 0 fully saturated rings. The Kier molecular flexibility index (Phi) is 7.09. The van der Waals surface area contributed by atoms with Crippen LogP contribution in [-0.2, 0) is 9.53 Å². The number of esters is 1. The SMILES string of the molecule is COC(=O)c1nc(NC(=O)[C@H](NC(=O)c2cccnc2)c2ccccc2)sc1C(C)C. The minimum Gasteiger partial charge on any atom is -0.464 e. The Morgan fingerprint density at radius 2 is 1.81 bits per heavy atom. The standard InChI is InChI=1S/C22H22N4O4S/c1-13(2)18-17(21(29)30-3)25-22(31-18)26-20(28)16(14-8-5-4-6-9-14)24-19(27)15-10-7-11-23-12-15/h4-13,16H,1-3H3,(H,24,27)(H,25,26,28)/t16-/m1/s1. The number of ether oxygens (including phenoxy) is 1. The quantitative estimate of drug-likeness (QED) is 0.546. The maximum Gasteiger partial charge on any atom is 0.357 e. The fraction of sp³-hybridized carbons (Fsp3) is 0.227. The predicted molar refractivity (Wildman–Crippen MR) is 117 cm³/mol. The number of amides is 2. The van der Waals surface area contributed by atoms with Crippen molar-refractivity contribution in [1.29, 1.82) is 0 Å². The van der Waals surface area contributed by atoms with Crippen LogP contribution in [-0.4, -0.2) is 34.9 Å². The molecule has 3 rings (SSSR count). The summed E-state index contributed by atoms with van der Waals surface area (Å²) >= 11 is 1.20. The number of nitrogens with one attached hydrogen (secondary N) is 2. The largest absolute Gasteiger partial charge is 0.464 e. The van der Waals surface area contributed by atoms with E-state index >= 15 is 0 Å². The van der Waals surface area contributed by atoms with Crippen LogP contribution >= 0.6 is 11.3 Å². The monoisotopic (exact) mass is 438 g/mol. The van der Waals surface area contributed by atoms with Gasteiger partial charge in [0.25, 0.3) is 11.8 Å². The van der Waals surface area contributed by atoms with Gasteiger partial charge >= 0.3 is 5.97 Å². The van der Waals surface area contributed by atoms with E-state index in [-0.39, 0.29) is 16.7 Å². The van der Waals surface area contributed by atoms with Gasteiger partial charge in [-0.15, -0.1) is 11.3 Å². The Morgan fingerprint density at radius 3 is 2.42 bits per heavy atom. The van der Waals surface area contributed by atoms with Gasteiger partial charge in [0.15, 0.2) is 10.8 Å². The Morgan fingerprint density at radius 1 is 1.06 bits per heavy atom. The summed E-state index contributed by atoms with van der Waals surface area (Å²) in [7, 11) is 1.28. The number of carbonyl (C=O) groups is 3. The van der Waals surface area contributed by atoms with E-state index in [0.717, 1.165) is 0 Å². The van der Waals surface area contributed by atoms with Gasteiger partial charge < -0.3 is 10.1 Å². The van der Waals surface area contributed by atoms with Gasteiger partial charge in [-0.05, 0) is 23.6 Å². The van der Waals surface area contributed by atoms with Crippen molar-refractivity contribution in [2.45, 2.75) is 25.8 Å². The molecule has 31 heavy (non-hydrogen) atoms. The van der Waals surface area contributed by atoms with E-state index in [1.54, 1.807) is 42.6 Å². The number of methoxy groups -OCH3 is 1. The Balaban J connectivity index is 1.87. The highest BCUT2D eigenvalue weighted by Crippen LogP contribution is 2.31. The second-order valence-electron chi connectivity index (χ2n) is 6.93. The lowest BCUT2D eigenvalue weighted by Gasteiger charge is -2.18. The van der Waals surface area contributed by atoms with Gasteiger partial charge in [-0.1, -0.05) is 44.2 Å². The summed E-state index contributed by atoms with van der Waals surface area (Å²) in [5.74, 6) is -1.46. The third kappa shape index (κ3) is 5.32. The van der Waals surface area contributed by atoms with Crippen LogP contribution in [0.2, 0.25) is 0 Å². The average Bonchev–Trinajstić information content (AvgIpc) is 3.22. The van der Waals surface area contributed by atoms with E-state index in [4.69, 9.17) is 4.74 Å². The van der Waals surface area contributed by atoms with Gasteiger partial charge in [-0.3, -0.25) is 19.9 Å². The van der Waals surface area contributed by atoms with Crippen LogP contribution in [0.5, 0.6) is 0 Å². The zero-order chi connectivity index (χ0) is 22.4. The van der Waals surface area contributed by atoms with E-state index in [1.165, 1.54) is 24.6 Å². The molecule has 2 amide bonds. The van der Waals surface area contributed by atoms with Crippen LogP contribution in [0.3, 0.4) is 0 Å². The number of thiazole rings is 1. The van der Waals surface area contributed by atoms with E-state index < -0.39 is 23.8 Å². The summed E-state index contributed by atoms with van der Waals surface area (Å²) < 4.78 is 4.79. The van der Waals surface area contributed by atoms with Crippen molar-refractivity contribution >= 4 is 34.3 Å². The van der Waals surface area contributed by atoms with E-state index in [0.29, 0.717) is 16.0 Å². The molecule has 1 atom stereocenters. The summed E-state index contributed by atoms with van der Waals surface area (Å²) in [6, 6.07) is 11.2. The maximum absolute atomic E-state index is 13.1. The van der Waals surface area contributed by atoms with Crippen molar-refractivity contribution in [2.24, 2.45) is 0 Å². The fourth-order valence-corrected chi connectivity index (χ4v) is 3.81. The average molecular weight is 439 g/mol. The molecule has 0 bridgehead atoms. The molecule has 0 spiro atoms. The number of hydrogen-bond acceptors (Lipinski definition) is 7. The molecule has 1 aromatic carbocycles. The number of rotatable bonds is 7. The molecule has 0 aliphatic carbocycles. The molecule has 0 aliphatic heterocycles. The summed E-state index contributed by atoms with van der Waals surface area (Å²) in [4.78, 5) is 46.7. The molecule has 9 heteroatoms. The van der Waals surface area contributed by atoms with Gasteiger partial charge in [0.2, 0.25) is 0 Å². The number of hydrogen-bond donors (Lipinski definition) is 2. The molecule has 160 valence electrons. The smallest absolute Gasteiger partial charge is 0.357 e. The molecule has 0 radical (unpaired) electrons. The van der Waals surface area contributed by atoms with E-state index in [9.17, 15) is 14.4 Å². The lowest BCUT2D eigenvalue weighted by molar-refractivity contribution is -0.118. The first-order valence-electron chi connectivity index (χ1n) is 9.56. The lowest BCUT2D eigenvalue weighted by atomic mass is 10.1. The molecule has 0 unspecified atom stereocenters. The van der Waals surface area contributed by atoms with E-state index in [2.05, 4.69) is 20.6 Å². The Labute approximate surface area is 183 Å². The molecular formula is C22H22N4O4S. The number of benzene rings is 1. The molecule has 2 heterocycles. The van der Waals surface area contributed by atoms with Crippen molar-refractivity contribution in [3.05, 3.63) is 76.6 Å². The molecule has 8 nitrogen and oxygen atoms in total. The summed E-state index contributed by atoms with van der Waals surface area (Å²) in [6.07, 6.45) is 2.99. The molecule has 2 aromatic heterocycles. The minimum atomic E-state index is -0.970. The van der Waals surface area contributed by atoms with Crippen molar-refractivity contribution in [1.82, 2.24) is 15.3 Å². The molecular weight excluding hydrogens is 416 g/mol. The van der Waals surface area contributed by atoms with Crippen LogP contribution in [0.25, 0.3) is 0 Å². The number of carbonyl (C=O) groups excluding carboxylic acids is 3. The van der Waals surface area contributed by atoms with Crippen molar-refractivity contribution < 1.29 is 19.1 Å². The van der Waals surface area contributed by atoms with Gasteiger partial charge in [0.05, 0.1) is 12.7 Å². The van der Waals surface area contributed by atoms with Crippen LogP contribution in [0.4, 0.5) is 5.13 Å². The van der Waals surface area contributed by atoms with Gasteiger partial charge in [0.1, 0.15) is 6.04 Å². The summed E-state index contributed by atoms with van der Waals surface area (Å²) in [5.41, 5.74) is 1.11.